The Bertz CT molecular complexity index is 477. The lowest BCUT2D eigenvalue weighted by Gasteiger charge is -2.20. The number of aliphatic carboxylic acids is 1. The van der Waals surface area contributed by atoms with Gasteiger partial charge in [0, 0.05) is 18.7 Å². The summed E-state index contributed by atoms with van der Waals surface area (Å²) in [6.07, 6.45) is 0. The third-order valence-electron chi connectivity index (χ3n) is 2.37. The molecular weight excluding hydrogens is 274 g/mol. The second-order valence-corrected chi connectivity index (χ2v) is 4.21. The molecule has 7 heteroatoms. The molecule has 1 aromatic carbocycles. The SMILES string of the molecule is COCCN(CC(=O)O)C(=O)c1ccc(Cl)cc1O. The van der Waals surface area contributed by atoms with Crippen LogP contribution in [-0.4, -0.2) is 53.8 Å². The Morgan fingerprint density at radius 2 is 2.11 bits per heavy atom. The number of carbonyl (C=O) groups excluding carboxylic acids is 1. The van der Waals surface area contributed by atoms with Crippen LogP contribution >= 0.6 is 11.6 Å². The molecule has 0 heterocycles. The van der Waals surface area contributed by atoms with Gasteiger partial charge in [0.05, 0.1) is 12.2 Å². The number of phenols is 1. The molecule has 1 rings (SSSR count). The van der Waals surface area contributed by atoms with E-state index in [-0.39, 0.29) is 29.5 Å². The van der Waals surface area contributed by atoms with Gasteiger partial charge >= 0.3 is 5.97 Å². The maximum absolute atomic E-state index is 12.1. The molecule has 1 amide bonds. The summed E-state index contributed by atoms with van der Waals surface area (Å²) < 4.78 is 4.82. The van der Waals surface area contributed by atoms with Gasteiger partial charge in [0.2, 0.25) is 0 Å². The van der Waals surface area contributed by atoms with E-state index < -0.39 is 18.4 Å². The second-order valence-electron chi connectivity index (χ2n) is 3.77. The largest absolute Gasteiger partial charge is 0.507 e. The smallest absolute Gasteiger partial charge is 0.323 e. The predicted octanol–water partition coefficient (Wildman–Crippen LogP) is 1.22. The monoisotopic (exact) mass is 287 g/mol. The fourth-order valence-electron chi connectivity index (χ4n) is 1.47. The number of hydrogen-bond acceptors (Lipinski definition) is 4. The van der Waals surface area contributed by atoms with Crippen molar-refractivity contribution < 1.29 is 24.5 Å². The van der Waals surface area contributed by atoms with E-state index in [0.29, 0.717) is 0 Å². The first-order valence-corrected chi connectivity index (χ1v) is 5.82. The van der Waals surface area contributed by atoms with E-state index in [0.717, 1.165) is 4.90 Å². The normalized spacial score (nSPS) is 10.2. The van der Waals surface area contributed by atoms with Crippen molar-refractivity contribution in [2.24, 2.45) is 0 Å². The summed E-state index contributed by atoms with van der Waals surface area (Å²) >= 11 is 5.67. The summed E-state index contributed by atoms with van der Waals surface area (Å²) in [5, 5.41) is 18.7. The zero-order chi connectivity index (χ0) is 14.4. The maximum Gasteiger partial charge on any atom is 0.323 e. The summed E-state index contributed by atoms with van der Waals surface area (Å²) in [6, 6.07) is 4.02. The number of amides is 1. The van der Waals surface area contributed by atoms with Gasteiger partial charge < -0.3 is 19.8 Å². The molecule has 0 unspecified atom stereocenters. The predicted molar refractivity (Wildman–Crippen MR) is 68.5 cm³/mol. The number of rotatable bonds is 6. The Morgan fingerprint density at radius 1 is 1.42 bits per heavy atom. The van der Waals surface area contributed by atoms with Crippen LogP contribution in [0.15, 0.2) is 18.2 Å². The van der Waals surface area contributed by atoms with Crippen molar-refractivity contribution in [3.05, 3.63) is 28.8 Å². The highest BCUT2D eigenvalue weighted by Gasteiger charge is 2.21. The van der Waals surface area contributed by atoms with Gasteiger partial charge in [-0.1, -0.05) is 11.6 Å². The molecule has 0 fully saturated rings. The molecule has 19 heavy (non-hydrogen) atoms. The summed E-state index contributed by atoms with van der Waals surface area (Å²) in [5.74, 6) is -2.02. The maximum atomic E-state index is 12.1. The third-order valence-corrected chi connectivity index (χ3v) is 2.60. The molecule has 0 atom stereocenters. The molecule has 0 aliphatic heterocycles. The Kier molecular flexibility index (Phi) is 5.59. The van der Waals surface area contributed by atoms with Gasteiger partial charge in [-0.25, -0.2) is 0 Å². The van der Waals surface area contributed by atoms with Crippen molar-refractivity contribution in [3.8, 4) is 5.75 Å². The third kappa shape index (κ3) is 4.42. The fourth-order valence-corrected chi connectivity index (χ4v) is 1.64. The van der Waals surface area contributed by atoms with E-state index in [4.69, 9.17) is 21.4 Å². The lowest BCUT2D eigenvalue weighted by atomic mass is 10.1. The van der Waals surface area contributed by atoms with E-state index in [1.807, 2.05) is 0 Å². The summed E-state index contributed by atoms with van der Waals surface area (Å²) in [6.45, 7) is -0.151. The highest BCUT2D eigenvalue weighted by atomic mass is 35.5. The number of phenolic OH excluding ortho intramolecular Hbond substituents is 1. The number of ether oxygens (including phenoxy) is 1. The number of carboxylic acids is 1. The van der Waals surface area contributed by atoms with E-state index in [1.165, 1.54) is 25.3 Å². The van der Waals surface area contributed by atoms with Gasteiger partial charge in [0.25, 0.3) is 5.91 Å². The van der Waals surface area contributed by atoms with Crippen LogP contribution < -0.4 is 0 Å². The summed E-state index contributed by atoms with van der Waals surface area (Å²) in [5.41, 5.74) is 0.00162. The molecule has 0 aliphatic carbocycles. The van der Waals surface area contributed by atoms with Crippen LogP contribution in [0.4, 0.5) is 0 Å². The van der Waals surface area contributed by atoms with Crippen LogP contribution in [0.2, 0.25) is 5.02 Å². The number of carbonyl (C=O) groups is 2. The first-order chi connectivity index (χ1) is 8.95. The van der Waals surface area contributed by atoms with Crippen LogP contribution in [0.1, 0.15) is 10.4 Å². The van der Waals surface area contributed by atoms with E-state index in [9.17, 15) is 14.7 Å². The molecule has 1 aromatic rings. The standard InChI is InChI=1S/C12H14ClNO5/c1-19-5-4-14(7-11(16)17)12(18)9-3-2-8(13)6-10(9)15/h2-3,6,15H,4-5,7H2,1H3,(H,16,17). The molecular formula is C12H14ClNO5. The van der Waals surface area contributed by atoms with Crippen LogP contribution in [0.5, 0.6) is 5.75 Å². The van der Waals surface area contributed by atoms with Gasteiger partial charge in [-0.05, 0) is 18.2 Å². The molecule has 2 N–H and O–H groups in total. The Balaban J connectivity index is 2.93. The number of aromatic hydroxyl groups is 1. The molecule has 0 saturated heterocycles. The van der Waals surface area contributed by atoms with E-state index in [2.05, 4.69) is 0 Å². The van der Waals surface area contributed by atoms with Crippen LogP contribution in [-0.2, 0) is 9.53 Å². The van der Waals surface area contributed by atoms with Crippen molar-refractivity contribution in [2.75, 3.05) is 26.8 Å². The Labute approximate surface area is 115 Å². The fraction of sp³-hybridized carbons (Fsp3) is 0.333. The van der Waals surface area contributed by atoms with Crippen molar-refractivity contribution in [2.45, 2.75) is 0 Å². The van der Waals surface area contributed by atoms with Crippen LogP contribution in [0.25, 0.3) is 0 Å². The number of carboxylic acid groups (broad SMARTS) is 1. The summed E-state index contributed by atoms with van der Waals surface area (Å²) in [7, 11) is 1.45. The zero-order valence-corrected chi connectivity index (χ0v) is 11.1. The molecule has 6 nitrogen and oxygen atoms in total. The van der Waals surface area contributed by atoms with Crippen molar-refractivity contribution >= 4 is 23.5 Å². The zero-order valence-electron chi connectivity index (χ0n) is 10.3. The van der Waals surface area contributed by atoms with E-state index >= 15 is 0 Å². The minimum absolute atomic E-state index is 0.00162. The topological polar surface area (TPSA) is 87.1 Å². The number of benzene rings is 1. The molecule has 0 aliphatic rings. The molecule has 104 valence electrons. The average Bonchev–Trinajstić information content (AvgIpc) is 2.33. The minimum Gasteiger partial charge on any atom is -0.507 e. The Hall–Kier alpha value is -1.79. The molecule has 0 aromatic heterocycles. The van der Waals surface area contributed by atoms with Gasteiger partial charge in [0.15, 0.2) is 0 Å². The van der Waals surface area contributed by atoms with Gasteiger partial charge in [-0.2, -0.15) is 0 Å². The van der Waals surface area contributed by atoms with Crippen LogP contribution in [0, 0.1) is 0 Å². The van der Waals surface area contributed by atoms with Crippen molar-refractivity contribution in [1.29, 1.82) is 0 Å². The molecule has 0 spiro atoms. The lowest BCUT2D eigenvalue weighted by molar-refractivity contribution is -0.137. The first-order valence-electron chi connectivity index (χ1n) is 5.44. The van der Waals surface area contributed by atoms with E-state index in [1.54, 1.807) is 0 Å². The highest BCUT2D eigenvalue weighted by molar-refractivity contribution is 6.30. The Morgan fingerprint density at radius 3 is 2.63 bits per heavy atom. The van der Waals surface area contributed by atoms with Crippen molar-refractivity contribution in [1.82, 2.24) is 4.90 Å². The van der Waals surface area contributed by atoms with Gasteiger partial charge in [-0.15, -0.1) is 0 Å². The number of methoxy groups -OCH3 is 1. The summed E-state index contributed by atoms with van der Waals surface area (Å²) in [4.78, 5) is 23.9. The first kappa shape index (κ1) is 15.3. The number of hydrogen-bond donors (Lipinski definition) is 2. The number of halogens is 1. The quantitative estimate of drug-likeness (QED) is 0.821. The highest BCUT2D eigenvalue weighted by Crippen LogP contribution is 2.23. The van der Waals surface area contributed by atoms with Crippen molar-refractivity contribution in [3.63, 3.8) is 0 Å². The van der Waals surface area contributed by atoms with Crippen LogP contribution in [0.3, 0.4) is 0 Å². The van der Waals surface area contributed by atoms with Gasteiger partial charge in [0.1, 0.15) is 12.3 Å². The molecule has 0 radical (unpaired) electrons. The number of nitrogens with zero attached hydrogens (tertiary/aromatic N) is 1. The molecule has 0 bridgehead atoms. The average molecular weight is 288 g/mol. The minimum atomic E-state index is -1.14. The lowest BCUT2D eigenvalue weighted by Crippen LogP contribution is -2.38. The second kappa shape index (κ2) is 6.96. The molecule has 0 saturated carbocycles. The van der Waals surface area contributed by atoms with Gasteiger partial charge in [-0.3, -0.25) is 9.59 Å².